The van der Waals surface area contributed by atoms with Crippen LogP contribution >= 0.6 is 11.6 Å². The van der Waals surface area contributed by atoms with Crippen LogP contribution in [0.5, 0.6) is 5.75 Å². The Kier molecular flexibility index (Phi) is 4.29. The molecule has 0 N–H and O–H groups in total. The van der Waals surface area contributed by atoms with Gasteiger partial charge in [0.2, 0.25) is 0 Å². The van der Waals surface area contributed by atoms with Gasteiger partial charge in [-0.25, -0.2) is 0 Å². The summed E-state index contributed by atoms with van der Waals surface area (Å²) in [5.41, 5.74) is 1.62. The molecule has 0 saturated carbocycles. The lowest BCUT2D eigenvalue weighted by atomic mass is 10.1. The van der Waals surface area contributed by atoms with E-state index >= 15 is 0 Å². The molecule has 1 aliphatic heterocycles. The zero-order chi connectivity index (χ0) is 15.5. The number of carbonyl (C=O) groups excluding carboxylic acids is 1. The molecular weight excluding hydrogens is 300 g/mol. The number of benzene rings is 1. The number of halogens is 1. The van der Waals surface area contributed by atoms with Crippen LogP contribution in [0.4, 0.5) is 0 Å². The number of rotatable bonds is 2. The number of aromatic nitrogens is 1. The van der Waals surface area contributed by atoms with Gasteiger partial charge < -0.3 is 9.64 Å². The Bertz CT molecular complexity index is 676. The zero-order valence-corrected chi connectivity index (χ0v) is 13.1. The van der Waals surface area contributed by atoms with Crippen LogP contribution in [0.1, 0.15) is 29.3 Å². The summed E-state index contributed by atoms with van der Waals surface area (Å²) >= 11 is 6.05. The molecule has 4 nitrogen and oxygen atoms in total. The molecule has 5 heteroatoms. The summed E-state index contributed by atoms with van der Waals surface area (Å²) in [6, 6.07) is 9.03. The first kappa shape index (κ1) is 14.9. The Hall–Kier alpha value is -2.07. The maximum atomic E-state index is 12.7. The topological polar surface area (TPSA) is 42.4 Å². The van der Waals surface area contributed by atoms with Crippen molar-refractivity contribution in [1.82, 2.24) is 9.88 Å². The SMILES string of the molecule is CCC1CN(C(=O)c2ccncc2)Cc2ccc(Cl)cc2O1. The van der Waals surface area contributed by atoms with Gasteiger partial charge in [0.25, 0.3) is 5.91 Å². The van der Waals surface area contributed by atoms with Crippen molar-refractivity contribution in [3.8, 4) is 5.75 Å². The van der Waals surface area contributed by atoms with Crippen molar-refractivity contribution in [2.45, 2.75) is 26.0 Å². The molecular formula is C17H17ClN2O2. The monoisotopic (exact) mass is 316 g/mol. The van der Waals surface area contributed by atoms with Gasteiger partial charge in [-0.05, 0) is 30.7 Å². The molecule has 22 heavy (non-hydrogen) atoms. The average Bonchev–Trinajstić information content (AvgIpc) is 2.73. The Morgan fingerprint density at radius 1 is 1.36 bits per heavy atom. The number of hydrogen-bond donors (Lipinski definition) is 0. The van der Waals surface area contributed by atoms with Gasteiger partial charge in [0.1, 0.15) is 11.9 Å². The number of amides is 1. The fourth-order valence-electron chi connectivity index (χ4n) is 2.55. The van der Waals surface area contributed by atoms with Crippen LogP contribution in [-0.2, 0) is 6.54 Å². The maximum Gasteiger partial charge on any atom is 0.254 e. The zero-order valence-electron chi connectivity index (χ0n) is 12.3. The third kappa shape index (κ3) is 3.07. The van der Waals surface area contributed by atoms with Gasteiger partial charge in [-0.2, -0.15) is 0 Å². The van der Waals surface area contributed by atoms with Crippen LogP contribution in [0.25, 0.3) is 0 Å². The molecule has 1 unspecified atom stereocenters. The average molecular weight is 317 g/mol. The largest absolute Gasteiger partial charge is 0.488 e. The molecule has 1 aromatic heterocycles. The van der Waals surface area contributed by atoms with Crippen molar-refractivity contribution < 1.29 is 9.53 Å². The molecule has 114 valence electrons. The normalized spacial score (nSPS) is 17.4. The van der Waals surface area contributed by atoms with Crippen molar-refractivity contribution in [3.63, 3.8) is 0 Å². The van der Waals surface area contributed by atoms with E-state index in [0.29, 0.717) is 23.7 Å². The lowest BCUT2D eigenvalue weighted by Crippen LogP contribution is -2.37. The van der Waals surface area contributed by atoms with Gasteiger partial charge in [0.05, 0.1) is 6.54 Å². The van der Waals surface area contributed by atoms with Gasteiger partial charge in [-0.15, -0.1) is 0 Å². The number of hydrogen-bond acceptors (Lipinski definition) is 3. The van der Waals surface area contributed by atoms with E-state index in [0.717, 1.165) is 17.7 Å². The highest BCUT2D eigenvalue weighted by atomic mass is 35.5. The third-order valence-electron chi connectivity index (χ3n) is 3.78. The van der Waals surface area contributed by atoms with Gasteiger partial charge in [-0.1, -0.05) is 24.6 Å². The summed E-state index contributed by atoms with van der Waals surface area (Å²) in [5, 5.41) is 0.641. The Morgan fingerprint density at radius 3 is 2.86 bits per heavy atom. The molecule has 1 amide bonds. The highest BCUT2D eigenvalue weighted by molar-refractivity contribution is 6.30. The van der Waals surface area contributed by atoms with E-state index in [-0.39, 0.29) is 12.0 Å². The van der Waals surface area contributed by atoms with Crippen LogP contribution in [0, 0.1) is 0 Å². The first-order valence-corrected chi connectivity index (χ1v) is 7.69. The number of pyridine rings is 1. The van der Waals surface area contributed by atoms with Crippen LogP contribution in [0.15, 0.2) is 42.7 Å². The number of ether oxygens (including phenoxy) is 1. The molecule has 0 bridgehead atoms. The van der Waals surface area contributed by atoms with Gasteiger partial charge >= 0.3 is 0 Å². The summed E-state index contributed by atoms with van der Waals surface area (Å²) < 4.78 is 6.01. The van der Waals surface area contributed by atoms with E-state index in [1.807, 2.05) is 23.1 Å². The summed E-state index contributed by atoms with van der Waals surface area (Å²) in [6.45, 7) is 3.13. The molecule has 0 saturated heterocycles. The van der Waals surface area contributed by atoms with Crippen molar-refractivity contribution in [2.24, 2.45) is 0 Å². The van der Waals surface area contributed by atoms with Gasteiger partial charge in [0, 0.05) is 35.1 Å². The Labute approximate surface area is 134 Å². The van der Waals surface area contributed by atoms with E-state index in [2.05, 4.69) is 11.9 Å². The lowest BCUT2D eigenvalue weighted by Gasteiger charge is -2.23. The van der Waals surface area contributed by atoms with Gasteiger partial charge in [-0.3, -0.25) is 9.78 Å². The smallest absolute Gasteiger partial charge is 0.254 e. The minimum absolute atomic E-state index is 0.00718. The molecule has 2 aromatic rings. The van der Waals surface area contributed by atoms with Crippen molar-refractivity contribution in [1.29, 1.82) is 0 Å². The second-order valence-electron chi connectivity index (χ2n) is 5.32. The standard InChI is InChI=1S/C17H17ClN2O2/c1-2-15-11-20(17(21)12-5-7-19-8-6-12)10-13-3-4-14(18)9-16(13)22-15/h3-9,15H,2,10-11H2,1H3. The maximum absolute atomic E-state index is 12.7. The molecule has 1 atom stereocenters. The van der Waals surface area contributed by atoms with Crippen LogP contribution < -0.4 is 4.74 Å². The van der Waals surface area contributed by atoms with E-state index in [1.54, 1.807) is 24.5 Å². The number of nitrogens with zero attached hydrogens (tertiary/aromatic N) is 2. The molecule has 3 rings (SSSR count). The van der Waals surface area contributed by atoms with Gasteiger partial charge in [0.15, 0.2) is 0 Å². The number of fused-ring (bicyclic) bond motifs is 1. The minimum Gasteiger partial charge on any atom is -0.488 e. The fraction of sp³-hybridized carbons (Fsp3) is 0.294. The predicted molar refractivity (Wildman–Crippen MR) is 85.1 cm³/mol. The molecule has 1 aliphatic rings. The Balaban J connectivity index is 1.92. The van der Waals surface area contributed by atoms with E-state index in [9.17, 15) is 4.79 Å². The summed E-state index contributed by atoms with van der Waals surface area (Å²) in [6.07, 6.45) is 4.05. The third-order valence-corrected chi connectivity index (χ3v) is 4.01. The molecule has 2 heterocycles. The first-order valence-electron chi connectivity index (χ1n) is 7.31. The number of carbonyl (C=O) groups is 1. The van der Waals surface area contributed by atoms with Crippen molar-refractivity contribution >= 4 is 17.5 Å². The second kappa shape index (κ2) is 6.36. The van der Waals surface area contributed by atoms with E-state index in [4.69, 9.17) is 16.3 Å². The Morgan fingerprint density at radius 2 is 2.14 bits per heavy atom. The van der Waals surface area contributed by atoms with E-state index in [1.165, 1.54) is 0 Å². The fourth-order valence-corrected chi connectivity index (χ4v) is 2.71. The summed E-state index contributed by atoms with van der Waals surface area (Å²) in [4.78, 5) is 18.5. The molecule has 0 aliphatic carbocycles. The van der Waals surface area contributed by atoms with Crippen LogP contribution in [0.2, 0.25) is 5.02 Å². The quantitative estimate of drug-likeness (QED) is 0.851. The van der Waals surface area contributed by atoms with Crippen molar-refractivity contribution in [3.05, 3.63) is 58.9 Å². The molecule has 0 spiro atoms. The minimum atomic E-state index is -0.0366. The van der Waals surface area contributed by atoms with Crippen molar-refractivity contribution in [2.75, 3.05) is 6.54 Å². The second-order valence-corrected chi connectivity index (χ2v) is 5.76. The van der Waals surface area contributed by atoms with E-state index < -0.39 is 0 Å². The summed E-state index contributed by atoms with van der Waals surface area (Å²) in [5.74, 6) is 0.761. The molecule has 0 radical (unpaired) electrons. The van der Waals surface area contributed by atoms with Crippen LogP contribution in [0.3, 0.4) is 0 Å². The first-order chi connectivity index (χ1) is 10.7. The predicted octanol–water partition coefficient (Wildman–Crippen LogP) is 3.55. The lowest BCUT2D eigenvalue weighted by molar-refractivity contribution is 0.0674. The highest BCUT2D eigenvalue weighted by Crippen LogP contribution is 2.29. The molecule has 0 fully saturated rings. The van der Waals surface area contributed by atoms with Crippen LogP contribution in [-0.4, -0.2) is 28.4 Å². The summed E-state index contributed by atoms with van der Waals surface area (Å²) in [7, 11) is 0. The highest BCUT2D eigenvalue weighted by Gasteiger charge is 2.26. The molecule has 1 aromatic carbocycles.